The number of nitrogen functional groups attached to an aromatic ring is 1. The summed E-state index contributed by atoms with van der Waals surface area (Å²) in [6.07, 6.45) is 0.471. The van der Waals surface area contributed by atoms with Gasteiger partial charge in [0.2, 0.25) is 5.82 Å². The molecule has 1 unspecified atom stereocenters. The summed E-state index contributed by atoms with van der Waals surface area (Å²) < 4.78 is 24.2. The molecule has 0 aliphatic carbocycles. The van der Waals surface area contributed by atoms with E-state index in [2.05, 4.69) is 10.1 Å². The Morgan fingerprint density at radius 2 is 2.21 bits per heavy atom. The van der Waals surface area contributed by atoms with Crippen molar-refractivity contribution >= 4 is 5.69 Å². The van der Waals surface area contributed by atoms with Crippen LogP contribution < -0.4 is 5.73 Å². The van der Waals surface area contributed by atoms with E-state index in [1.165, 1.54) is 18.2 Å². The van der Waals surface area contributed by atoms with Crippen LogP contribution in [0.1, 0.15) is 32.2 Å². The quantitative estimate of drug-likeness (QED) is 0.841. The van der Waals surface area contributed by atoms with Crippen molar-refractivity contribution in [1.29, 1.82) is 0 Å². The average molecular weight is 265 g/mol. The van der Waals surface area contributed by atoms with Crippen molar-refractivity contribution in [3.8, 4) is 11.5 Å². The van der Waals surface area contributed by atoms with Gasteiger partial charge in [-0.3, -0.25) is 0 Å². The molecule has 102 valence electrons. The topological polar surface area (TPSA) is 74.2 Å². The molecule has 1 heterocycles. The highest BCUT2D eigenvalue weighted by atomic mass is 19.1. The molecular formula is C13H16FN3O2. The van der Waals surface area contributed by atoms with Crippen LogP contribution in [0, 0.1) is 5.82 Å². The fourth-order valence-electron chi connectivity index (χ4n) is 1.76. The van der Waals surface area contributed by atoms with Crippen LogP contribution in [-0.4, -0.2) is 16.7 Å². The molecular weight excluding hydrogens is 249 g/mol. The van der Waals surface area contributed by atoms with Crippen molar-refractivity contribution in [2.45, 2.75) is 26.4 Å². The Bertz CT molecular complexity index is 557. The molecule has 1 aromatic heterocycles. The molecule has 0 saturated carbocycles. The molecule has 5 nitrogen and oxygen atoms in total. The first-order valence-electron chi connectivity index (χ1n) is 6.16. The van der Waals surface area contributed by atoms with Gasteiger partial charge in [0.05, 0.1) is 5.56 Å². The smallest absolute Gasteiger partial charge is 0.261 e. The van der Waals surface area contributed by atoms with E-state index in [-0.39, 0.29) is 17.6 Å². The van der Waals surface area contributed by atoms with Crippen LogP contribution in [0.2, 0.25) is 0 Å². The maximum Gasteiger partial charge on any atom is 0.261 e. The van der Waals surface area contributed by atoms with E-state index in [4.69, 9.17) is 15.0 Å². The predicted octanol–water partition coefficient (Wildman–Crippen LogP) is 2.95. The number of anilines is 1. The predicted molar refractivity (Wildman–Crippen MR) is 68.8 cm³/mol. The molecule has 0 radical (unpaired) electrons. The van der Waals surface area contributed by atoms with Crippen molar-refractivity contribution in [2.75, 3.05) is 12.3 Å². The van der Waals surface area contributed by atoms with Crippen molar-refractivity contribution in [2.24, 2.45) is 0 Å². The minimum absolute atomic E-state index is 0.109. The molecule has 1 aromatic carbocycles. The molecule has 0 spiro atoms. The second-order valence-corrected chi connectivity index (χ2v) is 4.05. The molecule has 0 aliphatic rings. The number of nitrogens with zero attached hydrogens (tertiary/aromatic N) is 2. The summed E-state index contributed by atoms with van der Waals surface area (Å²) in [6, 6.07) is 4.22. The third-order valence-corrected chi connectivity index (χ3v) is 2.69. The molecule has 0 bridgehead atoms. The first kappa shape index (κ1) is 13.5. The Morgan fingerprint density at radius 3 is 2.89 bits per heavy atom. The number of nitrogens with two attached hydrogens (primary N) is 1. The Balaban J connectivity index is 2.32. The molecule has 19 heavy (non-hydrogen) atoms. The van der Waals surface area contributed by atoms with Crippen LogP contribution >= 0.6 is 0 Å². The van der Waals surface area contributed by atoms with Gasteiger partial charge in [0.15, 0.2) is 0 Å². The number of hydrogen-bond donors (Lipinski definition) is 1. The fraction of sp³-hybridized carbons (Fsp3) is 0.385. The molecule has 2 rings (SSSR count). The molecule has 2 aromatic rings. The largest absolute Gasteiger partial charge is 0.399 e. The molecule has 2 N–H and O–H groups in total. The minimum Gasteiger partial charge on any atom is -0.399 e. The number of ether oxygens (including phenoxy) is 1. The molecule has 1 atom stereocenters. The highest BCUT2D eigenvalue weighted by Gasteiger charge is 2.19. The zero-order valence-corrected chi connectivity index (χ0v) is 10.9. The number of benzene rings is 1. The van der Waals surface area contributed by atoms with Crippen LogP contribution in [0.15, 0.2) is 22.7 Å². The maximum absolute atomic E-state index is 13.7. The fourth-order valence-corrected chi connectivity index (χ4v) is 1.76. The van der Waals surface area contributed by atoms with Crippen LogP contribution in [0.5, 0.6) is 0 Å². The molecule has 0 fully saturated rings. The molecule has 6 heteroatoms. The van der Waals surface area contributed by atoms with Crippen LogP contribution in [0.3, 0.4) is 0 Å². The lowest BCUT2D eigenvalue weighted by Crippen LogP contribution is -2.04. The zero-order chi connectivity index (χ0) is 13.8. The normalized spacial score (nSPS) is 12.6. The minimum atomic E-state index is -0.450. The van der Waals surface area contributed by atoms with Crippen molar-refractivity contribution in [3.05, 3.63) is 29.8 Å². The second-order valence-electron chi connectivity index (χ2n) is 4.05. The summed E-state index contributed by atoms with van der Waals surface area (Å²) in [5, 5.41) is 3.83. The first-order chi connectivity index (χ1) is 9.15. The molecule has 0 saturated heterocycles. The Hall–Kier alpha value is -1.95. The van der Waals surface area contributed by atoms with Crippen molar-refractivity contribution in [1.82, 2.24) is 10.1 Å². The van der Waals surface area contributed by atoms with Gasteiger partial charge in [-0.05, 0) is 31.5 Å². The third kappa shape index (κ3) is 2.90. The summed E-state index contributed by atoms with van der Waals surface area (Å²) >= 11 is 0. The van der Waals surface area contributed by atoms with Gasteiger partial charge >= 0.3 is 0 Å². The van der Waals surface area contributed by atoms with Gasteiger partial charge in [-0.25, -0.2) is 4.39 Å². The summed E-state index contributed by atoms with van der Waals surface area (Å²) in [5.74, 6) is 0.0768. The van der Waals surface area contributed by atoms with E-state index in [0.717, 1.165) is 0 Å². The van der Waals surface area contributed by atoms with E-state index < -0.39 is 5.82 Å². The van der Waals surface area contributed by atoms with Gasteiger partial charge < -0.3 is 15.0 Å². The lowest BCUT2D eigenvalue weighted by molar-refractivity contribution is 0.0518. The summed E-state index contributed by atoms with van der Waals surface area (Å²) in [5.41, 5.74) is 6.26. The summed E-state index contributed by atoms with van der Waals surface area (Å²) in [7, 11) is 0. The molecule has 0 amide bonds. The van der Waals surface area contributed by atoms with E-state index in [0.29, 0.717) is 24.5 Å². The van der Waals surface area contributed by atoms with Crippen LogP contribution in [0.25, 0.3) is 11.5 Å². The van der Waals surface area contributed by atoms with Gasteiger partial charge in [0, 0.05) is 12.3 Å². The third-order valence-electron chi connectivity index (χ3n) is 2.69. The van der Waals surface area contributed by atoms with Crippen LogP contribution in [0.4, 0.5) is 10.1 Å². The van der Waals surface area contributed by atoms with Gasteiger partial charge in [0.25, 0.3) is 5.89 Å². The van der Waals surface area contributed by atoms with Gasteiger partial charge in [-0.2, -0.15) is 4.98 Å². The Labute approximate surface area is 110 Å². The Morgan fingerprint density at radius 1 is 1.42 bits per heavy atom. The summed E-state index contributed by atoms with van der Waals surface area (Å²) in [6.45, 7) is 4.40. The van der Waals surface area contributed by atoms with E-state index >= 15 is 0 Å². The number of rotatable bonds is 5. The van der Waals surface area contributed by atoms with Gasteiger partial charge in [-0.15, -0.1) is 0 Å². The first-order valence-corrected chi connectivity index (χ1v) is 6.16. The standard InChI is InChI=1S/C13H16FN3O2/c1-3-11(18-4-2)12-16-13(19-17-12)9-7-8(15)5-6-10(9)14/h5-7,11H,3-4,15H2,1-2H3. The molecule has 0 aliphatic heterocycles. The van der Waals surface area contributed by atoms with E-state index in [9.17, 15) is 4.39 Å². The van der Waals surface area contributed by atoms with Crippen LogP contribution in [-0.2, 0) is 4.74 Å². The monoisotopic (exact) mass is 265 g/mol. The van der Waals surface area contributed by atoms with Crippen molar-refractivity contribution in [3.63, 3.8) is 0 Å². The van der Waals surface area contributed by atoms with Crippen molar-refractivity contribution < 1.29 is 13.7 Å². The highest BCUT2D eigenvalue weighted by molar-refractivity contribution is 5.60. The lowest BCUT2D eigenvalue weighted by Gasteiger charge is -2.09. The maximum atomic E-state index is 13.7. The van der Waals surface area contributed by atoms with Gasteiger partial charge in [0.1, 0.15) is 11.9 Å². The number of halogens is 1. The highest BCUT2D eigenvalue weighted by Crippen LogP contribution is 2.26. The number of hydrogen-bond acceptors (Lipinski definition) is 5. The lowest BCUT2D eigenvalue weighted by atomic mass is 10.2. The Kier molecular flexibility index (Phi) is 4.11. The SMILES string of the molecule is CCOC(CC)c1noc(-c2cc(N)ccc2F)n1. The zero-order valence-electron chi connectivity index (χ0n) is 10.9. The average Bonchev–Trinajstić information content (AvgIpc) is 2.88. The number of aromatic nitrogens is 2. The van der Waals surface area contributed by atoms with E-state index in [1.54, 1.807) is 0 Å². The second kappa shape index (κ2) is 5.79. The van der Waals surface area contributed by atoms with E-state index in [1.807, 2.05) is 13.8 Å². The summed E-state index contributed by atoms with van der Waals surface area (Å²) in [4.78, 5) is 4.17. The van der Waals surface area contributed by atoms with Gasteiger partial charge in [-0.1, -0.05) is 12.1 Å².